The predicted molar refractivity (Wildman–Crippen MR) is 98.8 cm³/mol. The van der Waals surface area contributed by atoms with Gasteiger partial charge in [-0.15, -0.1) is 11.3 Å². The Balaban J connectivity index is 2.21. The number of halogens is 1. The number of methoxy groups -OCH3 is 1. The van der Waals surface area contributed by atoms with Crippen molar-refractivity contribution in [2.75, 3.05) is 13.4 Å². The largest absolute Gasteiger partial charge is 0.612 e. The van der Waals surface area contributed by atoms with Crippen molar-refractivity contribution in [1.82, 2.24) is 0 Å². The molecule has 6 heteroatoms. The van der Waals surface area contributed by atoms with Crippen molar-refractivity contribution in [3.8, 4) is 22.3 Å². The highest BCUT2D eigenvalue weighted by Crippen LogP contribution is 2.40. The summed E-state index contributed by atoms with van der Waals surface area (Å²) in [5.74, 6) is -1.02. The van der Waals surface area contributed by atoms with Crippen molar-refractivity contribution in [2.45, 2.75) is 4.90 Å². The van der Waals surface area contributed by atoms with Crippen molar-refractivity contribution in [3.05, 3.63) is 64.6 Å². The first-order valence-corrected chi connectivity index (χ1v) is 9.85. The Morgan fingerprint density at radius 2 is 1.88 bits per heavy atom. The molecule has 2 aromatic carbocycles. The lowest BCUT2D eigenvalue weighted by atomic mass is 9.97. The Morgan fingerprint density at radius 1 is 1.16 bits per heavy atom. The van der Waals surface area contributed by atoms with E-state index in [1.807, 2.05) is 35.7 Å². The molecule has 0 N–H and O–H groups in total. The number of carbonyl (C=O) groups excluding carboxylic acids is 1. The molecule has 0 amide bonds. The Hall–Kier alpha value is -2.15. The minimum absolute atomic E-state index is 0.139. The zero-order valence-corrected chi connectivity index (χ0v) is 15.2. The van der Waals surface area contributed by atoms with E-state index >= 15 is 0 Å². The quantitative estimate of drug-likeness (QED) is 0.489. The van der Waals surface area contributed by atoms with Crippen LogP contribution < -0.4 is 0 Å². The van der Waals surface area contributed by atoms with Gasteiger partial charge in [0.1, 0.15) is 11.1 Å². The monoisotopic (exact) mass is 374 g/mol. The molecule has 0 fully saturated rings. The first-order chi connectivity index (χ1) is 12.0. The van der Waals surface area contributed by atoms with Gasteiger partial charge in [-0.05, 0) is 40.5 Å². The van der Waals surface area contributed by atoms with E-state index in [1.165, 1.54) is 36.8 Å². The van der Waals surface area contributed by atoms with Gasteiger partial charge in [0.15, 0.2) is 10.7 Å². The average molecular weight is 374 g/mol. The average Bonchev–Trinajstić information content (AvgIpc) is 3.06. The second-order valence-electron chi connectivity index (χ2n) is 5.31. The number of hydrogen-bond acceptors (Lipinski definition) is 4. The molecule has 128 valence electrons. The molecule has 0 aliphatic rings. The molecular weight excluding hydrogens is 359 g/mol. The summed E-state index contributed by atoms with van der Waals surface area (Å²) < 4.78 is 30.8. The van der Waals surface area contributed by atoms with Gasteiger partial charge in [-0.2, -0.15) is 0 Å². The third kappa shape index (κ3) is 3.46. The molecule has 0 spiro atoms. The van der Waals surface area contributed by atoms with E-state index in [4.69, 9.17) is 4.74 Å². The highest BCUT2D eigenvalue weighted by molar-refractivity contribution is 7.90. The lowest BCUT2D eigenvalue weighted by Crippen LogP contribution is -2.03. The minimum atomic E-state index is -1.42. The van der Waals surface area contributed by atoms with Crippen molar-refractivity contribution in [3.63, 3.8) is 0 Å². The van der Waals surface area contributed by atoms with Gasteiger partial charge in [-0.3, -0.25) is 0 Å². The van der Waals surface area contributed by atoms with E-state index in [0.29, 0.717) is 16.0 Å². The summed E-state index contributed by atoms with van der Waals surface area (Å²) in [7, 11) is 1.32. The molecule has 1 atom stereocenters. The number of thiophene rings is 1. The summed E-state index contributed by atoms with van der Waals surface area (Å²) in [6.07, 6.45) is 1.43. The van der Waals surface area contributed by atoms with E-state index in [-0.39, 0.29) is 4.90 Å². The van der Waals surface area contributed by atoms with Gasteiger partial charge in [0.05, 0.1) is 7.11 Å². The van der Waals surface area contributed by atoms with Gasteiger partial charge < -0.3 is 9.29 Å². The van der Waals surface area contributed by atoms with Gasteiger partial charge >= 0.3 is 5.97 Å². The van der Waals surface area contributed by atoms with Gasteiger partial charge in [-0.1, -0.05) is 30.3 Å². The molecule has 3 rings (SSSR count). The second-order valence-corrected chi connectivity index (χ2v) is 7.54. The minimum Gasteiger partial charge on any atom is -0.612 e. The van der Waals surface area contributed by atoms with Crippen molar-refractivity contribution >= 4 is 28.5 Å². The molecule has 3 aromatic rings. The fourth-order valence-electron chi connectivity index (χ4n) is 2.61. The van der Waals surface area contributed by atoms with Crippen LogP contribution in [0.1, 0.15) is 9.67 Å². The van der Waals surface area contributed by atoms with Crippen LogP contribution in [-0.2, 0) is 15.9 Å². The van der Waals surface area contributed by atoms with Gasteiger partial charge in [0.25, 0.3) is 0 Å². The molecule has 0 radical (unpaired) electrons. The predicted octanol–water partition coefficient (Wildman–Crippen LogP) is 4.75. The Bertz CT molecular complexity index is 904. The van der Waals surface area contributed by atoms with Crippen molar-refractivity contribution < 1.29 is 18.5 Å². The molecule has 0 bridgehead atoms. The fourth-order valence-corrected chi connectivity index (χ4v) is 4.22. The molecular formula is C19H15FO3S2. The maximum Gasteiger partial charge on any atom is 0.348 e. The van der Waals surface area contributed by atoms with Crippen LogP contribution in [-0.4, -0.2) is 23.9 Å². The van der Waals surface area contributed by atoms with E-state index in [2.05, 4.69) is 0 Å². The smallest absolute Gasteiger partial charge is 0.348 e. The van der Waals surface area contributed by atoms with Crippen LogP contribution in [0.3, 0.4) is 0 Å². The summed E-state index contributed by atoms with van der Waals surface area (Å²) in [6.45, 7) is 0. The fraction of sp³-hybridized carbons (Fsp3) is 0.105. The van der Waals surface area contributed by atoms with Crippen LogP contribution >= 0.6 is 11.3 Å². The molecule has 0 aliphatic heterocycles. The second kappa shape index (κ2) is 7.39. The highest BCUT2D eigenvalue weighted by Gasteiger charge is 2.23. The summed E-state index contributed by atoms with van der Waals surface area (Å²) in [5.41, 5.74) is 2.92. The summed E-state index contributed by atoms with van der Waals surface area (Å²) in [4.78, 5) is 12.7. The van der Waals surface area contributed by atoms with Crippen molar-refractivity contribution in [1.29, 1.82) is 0 Å². The van der Waals surface area contributed by atoms with Crippen LogP contribution in [0.4, 0.5) is 4.39 Å². The molecule has 1 unspecified atom stereocenters. The topological polar surface area (TPSA) is 49.4 Å². The summed E-state index contributed by atoms with van der Waals surface area (Å²) in [5, 5.41) is 1.86. The normalized spacial score (nSPS) is 12.0. The van der Waals surface area contributed by atoms with Crippen LogP contribution in [0.25, 0.3) is 22.3 Å². The molecule has 1 aromatic heterocycles. The van der Waals surface area contributed by atoms with E-state index < -0.39 is 23.0 Å². The molecule has 0 aliphatic carbocycles. The highest BCUT2D eigenvalue weighted by atomic mass is 32.2. The summed E-state index contributed by atoms with van der Waals surface area (Å²) in [6, 6.07) is 14.1. The zero-order chi connectivity index (χ0) is 18.0. The number of hydrogen-bond donors (Lipinski definition) is 0. The van der Waals surface area contributed by atoms with Crippen molar-refractivity contribution in [2.24, 2.45) is 0 Å². The number of ether oxygens (including phenoxy) is 1. The number of benzene rings is 2. The SMILES string of the molecule is COC(=O)c1scc(-c2ccccc2)c1-c1ccc([S+](C)[O-])c(F)c1. The summed E-state index contributed by atoms with van der Waals surface area (Å²) >= 11 is -0.159. The van der Waals surface area contributed by atoms with E-state index in [9.17, 15) is 13.7 Å². The lowest BCUT2D eigenvalue weighted by Gasteiger charge is -2.10. The Kier molecular flexibility index (Phi) is 5.22. The maximum absolute atomic E-state index is 14.3. The molecule has 1 heterocycles. The third-order valence-corrected chi connectivity index (χ3v) is 5.69. The van der Waals surface area contributed by atoms with Gasteiger partial charge in [0.2, 0.25) is 0 Å². The molecule has 3 nitrogen and oxygen atoms in total. The Labute approximate surface area is 152 Å². The third-order valence-electron chi connectivity index (χ3n) is 3.78. The molecule has 0 saturated heterocycles. The van der Waals surface area contributed by atoms with E-state index in [1.54, 1.807) is 6.07 Å². The van der Waals surface area contributed by atoms with Crippen LogP contribution in [0.5, 0.6) is 0 Å². The van der Waals surface area contributed by atoms with E-state index in [0.717, 1.165) is 11.1 Å². The van der Waals surface area contributed by atoms with Crippen LogP contribution in [0, 0.1) is 5.82 Å². The first-order valence-electron chi connectivity index (χ1n) is 7.41. The van der Waals surface area contributed by atoms with Gasteiger partial charge in [-0.25, -0.2) is 9.18 Å². The number of carbonyl (C=O) groups is 1. The molecule has 0 saturated carbocycles. The van der Waals surface area contributed by atoms with Crippen LogP contribution in [0.2, 0.25) is 0 Å². The lowest BCUT2D eigenvalue weighted by molar-refractivity contribution is 0.0607. The first kappa shape index (κ1) is 17.7. The van der Waals surface area contributed by atoms with Crippen LogP contribution in [0.15, 0.2) is 58.8 Å². The van der Waals surface area contributed by atoms with Gasteiger partial charge in [0, 0.05) is 16.5 Å². The number of esters is 1. The standard InChI is InChI=1S/C19H15FO3S2/c1-23-19(21)18-17(13-8-9-16(25(2)22)15(20)10-13)14(11-24-18)12-6-4-3-5-7-12/h3-11H,1-2H3. The molecule has 25 heavy (non-hydrogen) atoms. The number of rotatable bonds is 4. The Morgan fingerprint density at radius 3 is 2.48 bits per heavy atom. The maximum atomic E-state index is 14.3. The zero-order valence-electron chi connectivity index (χ0n) is 13.6.